The number of hydrogen-bond donors (Lipinski definition) is 1. The van der Waals surface area contributed by atoms with E-state index in [0.29, 0.717) is 34.6 Å². The quantitative estimate of drug-likeness (QED) is 0.853. The van der Waals surface area contributed by atoms with Crippen molar-refractivity contribution in [2.24, 2.45) is 11.8 Å². The van der Waals surface area contributed by atoms with Crippen molar-refractivity contribution < 1.29 is 9.53 Å². The first-order valence-electron chi connectivity index (χ1n) is 9.11. The zero-order valence-electron chi connectivity index (χ0n) is 14.1. The number of hydrogen-bond acceptors (Lipinski definition) is 3. The Balaban J connectivity index is 1.42. The number of anilines is 1. The molecule has 3 fully saturated rings. The number of fused-ring (bicyclic) bond motifs is 4. The molecule has 5 heteroatoms. The highest BCUT2D eigenvalue weighted by Gasteiger charge is 2.51. The lowest BCUT2D eigenvalue weighted by Gasteiger charge is -2.47. The number of ether oxygens (including phenoxy) is 1. The maximum Gasteiger partial charge on any atom is 0.411 e. The first-order valence-corrected chi connectivity index (χ1v) is 9.48. The largest absolute Gasteiger partial charge is 0.446 e. The molecule has 1 aromatic rings. The molecule has 1 aromatic carbocycles. The normalized spacial score (nSPS) is 35.3. The van der Waals surface area contributed by atoms with E-state index in [4.69, 9.17) is 16.3 Å². The van der Waals surface area contributed by atoms with Crippen LogP contribution in [0.1, 0.15) is 39.0 Å². The van der Waals surface area contributed by atoms with Gasteiger partial charge in [0.25, 0.3) is 0 Å². The Labute approximate surface area is 148 Å². The minimum absolute atomic E-state index is 0.0461. The van der Waals surface area contributed by atoms with Gasteiger partial charge in [-0.25, -0.2) is 4.79 Å². The van der Waals surface area contributed by atoms with Crippen molar-refractivity contribution in [3.05, 3.63) is 29.3 Å². The summed E-state index contributed by atoms with van der Waals surface area (Å²) in [5, 5.41) is 3.42. The van der Waals surface area contributed by atoms with Gasteiger partial charge in [-0.1, -0.05) is 24.1 Å². The summed E-state index contributed by atoms with van der Waals surface area (Å²) in [4.78, 5) is 15.0. The van der Waals surface area contributed by atoms with Crippen LogP contribution in [0.4, 0.5) is 10.5 Å². The summed E-state index contributed by atoms with van der Waals surface area (Å²) in [6.45, 7) is 3.56. The summed E-state index contributed by atoms with van der Waals surface area (Å²) in [7, 11) is 0. The minimum atomic E-state index is -0.357. The Morgan fingerprint density at radius 1 is 1.33 bits per heavy atom. The number of carbonyl (C=O) groups excluding carboxylic acids is 1. The van der Waals surface area contributed by atoms with Crippen LogP contribution in [0.25, 0.3) is 0 Å². The number of carbonyl (C=O) groups is 1. The van der Waals surface area contributed by atoms with Crippen LogP contribution >= 0.6 is 11.6 Å². The highest BCUT2D eigenvalue weighted by Crippen LogP contribution is 2.48. The van der Waals surface area contributed by atoms with Crippen LogP contribution < -0.4 is 5.32 Å². The van der Waals surface area contributed by atoms with Crippen LogP contribution in [0.2, 0.25) is 5.02 Å². The van der Waals surface area contributed by atoms with Gasteiger partial charge in [-0.05, 0) is 63.3 Å². The lowest BCUT2D eigenvalue weighted by molar-refractivity contribution is -0.00871. The summed E-state index contributed by atoms with van der Waals surface area (Å²) >= 11 is 5.97. The average Bonchev–Trinajstić information content (AvgIpc) is 2.93. The van der Waals surface area contributed by atoms with E-state index in [1.165, 1.54) is 32.2 Å². The Kier molecular flexibility index (Phi) is 4.44. The van der Waals surface area contributed by atoms with Gasteiger partial charge in [0.1, 0.15) is 6.10 Å². The highest BCUT2D eigenvalue weighted by molar-refractivity contribution is 6.30. The second kappa shape index (κ2) is 6.57. The van der Waals surface area contributed by atoms with Crippen molar-refractivity contribution in [1.29, 1.82) is 0 Å². The molecule has 2 heterocycles. The van der Waals surface area contributed by atoms with Crippen molar-refractivity contribution in [2.45, 2.75) is 57.2 Å². The zero-order chi connectivity index (χ0) is 16.7. The molecule has 1 amide bonds. The molecule has 1 saturated carbocycles. The Morgan fingerprint density at radius 2 is 2.21 bits per heavy atom. The van der Waals surface area contributed by atoms with Gasteiger partial charge < -0.3 is 4.74 Å². The van der Waals surface area contributed by atoms with Crippen LogP contribution in [-0.4, -0.2) is 35.7 Å². The molecule has 0 aromatic heterocycles. The van der Waals surface area contributed by atoms with Gasteiger partial charge in [0.05, 0.1) is 0 Å². The molecule has 130 valence electrons. The fourth-order valence-corrected chi connectivity index (χ4v) is 5.26. The lowest BCUT2D eigenvalue weighted by atomic mass is 9.81. The van der Waals surface area contributed by atoms with E-state index >= 15 is 0 Å². The second-order valence-electron chi connectivity index (χ2n) is 7.52. The van der Waals surface area contributed by atoms with Gasteiger partial charge in [0, 0.05) is 28.7 Å². The van der Waals surface area contributed by atoms with Gasteiger partial charge in [0.15, 0.2) is 0 Å². The fraction of sp³-hybridized carbons (Fsp3) is 0.632. The fourth-order valence-electron chi connectivity index (χ4n) is 5.07. The third-order valence-electron chi connectivity index (χ3n) is 6.21. The minimum Gasteiger partial charge on any atom is -0.446 e. The molecular formula is C19H25ClN2O2. The molecule has 4 nitrogen and oxygen atoms in total. The van der Waals surface area contributed by atoms with Crippen LogP contribution in [-0.2, 0) is 4.74 Å². The number of rotatable bonds is 2. The number of halogens is 1. The van der Waals surface area contributed by atoms with Crippen molar-refractivity contribution in [3.8, 4) is 0 Å². The van der Waals surface area contributed by atoms with Gasteiger partial charge >= 0.3 is 6.09 Å². The summed E-state index contributed by atoms with van der Waals surface area (Å²) in [5.41, 5.74) is 0.682. The highest BCUT2D eigenvalue weighted by atomic mass is 35.5. The molecule has 1 aliphatic carbocycles. The topological polar surface area (TPSA) is 41.6 Å². The molecule has 2 saturated heterocycles. The summed E-state index contributed by atoms with van der Waals surface area (Å²) in [6.07, 6.45) is 5.75. The molecule has 4 rings (SSSR count). The molecular weight excluding hydrogens is 324 g/mol. The molecule has 2 aliphatic heterocycles. The van der Waals surface area contributed by atoms with E-state index in [1.807, 2.05) is 12.1 Å². The van der Waals surface area contributed by atoms with Crippen LogP contribution in [0, 0.1) is 11.8 Å². The maximum absolute atomic E-state index is 12.3. The van der Waals surface area contributed by atoms with Gasteiger partial charge in [-0.2, -0.15) is 0 Å². The van der Waals surface area contributed by atoms with E-state index in [0.717, 1.165) is 6.42 Å². The number of amides is 1. The van der Waals surface area contributed by atoms with Crippen molar-refractivity contribution in [2.75, 3.05) is 11.9 Å². The third-order valence-corrected chi connectivity index (χ3v) is 6.44. The molecule has 1 N–H and O–H groups in total. The molecule has 0 spiro atoms. The molecule has 24 heavy (non-hydrogen) atoms. The summed E-state index contributed by atoms with van der Waals surface area (Å²) < 4.78 is 5.85. The second-order valence-corrected chi connectivity index (χ2v) is 7.95. The van der Waals surface area contributed by atoms with Crippen LogP contribution in [0.5, 0.6) is 0 Å². The predicted octanol–water partition coefficient (Wildman–Crippen LogP) is 4.54. The number of nitrogens with zero attached hydrogens (tertiary/aromatic N) is 1. The van der Waals surface area contributed by atoms with Crippen molar-refractivity contribution >= 4 is 23.4 Å². The van der Waals surface area contributed by atoms with Crippen LogP contribution in [0.3, 0.4) is 0 Å². The monoisotopic (exact) mass is 348 g/mol. The predicted molar refractivity (Wildman–Crippen MR) is 95.4 cm³/mol. The smallest absolute Gasteiger partial charge is 0.411 e. The van der Waals surface area contributed by atoms with Gasteiger partial charge in [0.2, 0.25) is 0 Å². The van der Waals surface area contributed by atoms with E-state index in [-0.39, 0.29) is 12.2 Å². The molecule has 5 atom stereocenters. The molecule has 0 radical (unpaired) electrons. The molecule has 3 aliphatic rings. The number of benzene rings is 1. The zero-order valence-corrected chi connectivity index (χ0v) is 14.8. The SMILES string of the molecule is C[C@H]1[C@@H]2C[C@H]([C@H]3CCCCN31)[C@H](OC(=O)Nc1cccc(Cl)c1)C2. The molecule has 2 bridgehead atoms. The van der Waals surface area contributed by atoms with E-state index in [9.17, 15) is 4.79 Å². The maximum atomic E-state index is 12.3. The Morgan fingerprint density at radius 3 is 3.04 bits per heavy atom. The van der Waals surface area contributed by atoms with E-state index in [2.05, 4.69) is 17.1 Å². The number of piperidine rings is 2. The first kappa shape index (κ1) is 16.2. The van der Waals surface area contributed by atoms with Gasteiger partial charge in [-0.15, -0.1) is 0 Å². The first-order chi connectivity index (χ1) is 11.6. The average molecular weight is 349 g/mol. The number of nitrogens with one attached hydrogen (secondary N) is 1. The third kappa shape index (κ3) is 3.02. The summed E-state index contributed by atoms with van der Waals surface area (Å²) in [6, 6.07) is 8.39. The Bertz CT molecular complexity index is 623. The molecule has 0 unspecified atom stereocenters. The standard InChI is InChI=1S/C19H25ClN2O2/c1-12-13-9-16(17-7-2-3-8-22(12)17)18(10-13)24-19(23)21-15-6-4-5-14(20)11-15/h4-6,11-13,16-18H,2-3,7-10H2,1H3,(H,21,23)/t12-,13+,16+,17+,18+/m0/s1. The van der Waals surface area contributed by atoms with E-state index < -0.39 is 0 Å². The lowest BCUT2D eigenvalue weighted by Crippen LogP contribution is -2.54. The van der Waals surface area contributed by atoms with Crippen molar-refractivity contribution in [3.63, 3.8) is 0 Å². The Hall–Kier alpha value is -1.26. The van der Waals surface area contributed by atoms with E-state index in [1.54, 1.807) is 12.1 Å². The van der Waals surface area contributed by atoms with Crippen LogP contribution in [0.15, 0.2) is 24.3 Å². The van der Waals surface area contributed by atoms with Crippen molar-refractivity contribution in [1.82, 2.24) is 4.90 Å². The van der Waals surface area contributed by atoms with Gasteiger partial charge in [-0.3, -0.25) is 10.2 Å². The summed E-state index contributed by atoms with van der Waals surface area (Å²) in [5.74, 6) is 1.16.